The highest BCUT2D eigenvalue weighted by atomic mass is 19.1. The van der Waals surface area contributed by atoms with Crippen LogP contribution >= 0.6 is 0 Å². The van der Waals surface area contributed by atoms with Crippen LogP contribution in [0.1, 0.15) is 44.9 Å². The minimum Gasteiger partial charge on any atom is -0.246 e. The predicted octanol–water partition coefficient (Wildman–Crippen LogP) is 2.10. The molecular weight excluding hydrogens is 191 g/mol. The monoisotopic (exact) mass is 210 g/mol. The number of alkyl halides is 1. The fraction of sp³-hybridized carbons (Fsp3) is 1.00. The summed E-state index contributed by atoms with van der Waals surface area (Å²) >= 11 is 0. The summed E-state index contributed by atoms with van der Waals surface area (Å²) in [6.07, 6.45) is 7.81. The Labute approximate surface area is 90.4 Å². The van der Waals surface area contributed by atoms with Crippen LogP contribution in [0.25, 0.3) is 0 Å². The zero-order chi connectivity index (χ0) is 9.99. The Kier molecular flexibility index (Phi) is 1.76. The molecule has 2 aliphatic carbocycles. The molecule has 3 aliphatic heterocycles. The van der Waals surface area contributed by atoms with E-state index < -0.39 is 6.17 Å². The van der Waals surface area contributed by atoms with E-state index in [4.69, 9.17) is 0 Å². The zero-order valence-corrected chi connectivity index (χ0v) is 9.11. The molecule has 4 bridgehead atoms. The Morgan fingerprint density at radius 2 is 1.33 bits per heavy atom. The second-order valence-corrected chi connectivity index (χ2v) is 5.77. The van der Waals surface area contributed by atoms with Crippen molar-refractivity contribution in [2.75, 3.05) is 0 Å². The highest BCUT2D eigenvalue weighted by Gasteiger charge is 2.55. The van der Waals surface area contributed by atoms with Crippen molar-refractivity contribution in [1.29, 1.82) is 0 Å². The maximum atomic E-state index is 13.9. The number of nitrogens with zero attached hydrogens (tertiary/aromatic N) is 2. The second-order valence-electron chi connectivity index (χ2n) is 5.77. The molecule has 3 heterocycles. The molecular formula is C12H19FN2. The van der Waals surface area contributed by atoms with Crippen LogP contribution in [-0.2, 0) is 0 Å². The van der Waals surface area contributed by atoms with Gasteiger partial charge < -0.3 is 0 Å². The number of hydrogen-bond donors (Lipinski definition) is 0. The largest absolute Gasteiger partial charge is 0.246 e. The Morgan fingerprint density at radius 1 is 0.733 bits per heavy atom. The van der Waals surface area contributed by atoms with Gasteiger partial charge in [-0.25, -0.2) is 14.4 Å². The molecule has 5 rings (SSSR count). The number of halogens is 1. The van der Waals surface area contributed by atoms with Crippen LogP contribution in [0.5, 0.6) is 0 Å². The van der Waals surface area contributed by atoms with Crippen molar-refractivity contribution in [2.24, 2.45) is 0 Å². The first-order chi connectivity index (χ1) is 7.34. The summed E-state index contributed by atoms with van der Waals surface area (Å²) < 4.78 is 13.9. The highest BCUT2D eigenvalue weighted by molar-refractivity contribution is 5.05. The van der Waals surface area contributed by atoms with Gasteiger partial charge in [-0.2, -0.15) is 0 Å². The molecule has 0 aromatic heterocycles. The lowest BCUT2D eigenvalue weighted by atomic mass is 9.87. The third-order valence-corrected chi connectivity index (χ3v) is 5.10. The molecule has 0 unspecified atom stereocenters. The van der Waals surface area contributed by atoms with Crippen molar-refractivity contribution < 1.29 is 4.39 Å². The van der Waals surface area contributed by atoms with Crippen LogP contribution in [-0.4, -0.2) is 40.4 Å². The molecule has 2 saturated carbocycles. The Balaban J connectivity index is 1.72. The van der Waals surface area contributed by atoms with Crippen LogP contribution in [0.2, 0.25) is 0 Å². The molecule has 0 aromatic carbocycles. The van der Waals surface area contributed by atoms with E-state index in [9.17, 15) is 4.39 Å². The van der Waals surface area contributed by atoms with Gasteiger partial charge in [-0.1, -0.05) is 0 Å². The van der Waals surface area contributed by atoms with Crippen molar-refractivity contribution in [3.63, 3.8) is 0 Å². The predicted molar refractivity (Wildman–Crippen MR) is 56.0 cm³/mol. The molecule has 0 amide bonds. The maximum Gasteiger partial charge on any atom is 0.117 e. The summed E-state index contributed by atoms with van der Waals surface area (Å²) in [5.41, 5.74) is 0. The topological polar surface area (TPSA) is 6.48 Å². The summed E-state index contributed by atoms with van der Waals surface area (Å²) in [6, 6.07) is 2.38. The molecule has 5 aliphatic rings. The Bertz CT molecular complexity index is 275. The van der Waals surface area contributed by atoms with Crippen molar-refractivity contribution >= 4 is 0 Å². The molecule has 0 radical (unpaired) electrons. The molecule has 0 N–H and O–H groups in total. The lowest BCUT2D eigenvalue weighted by Gasteiger charge is -2.53. The highest BCUT2D eigenvalue weighted by Crippen LogP contribution is 2.48. The fourth-order valence-corrected chi connectivity index (χ4v) is 4.50. The van der Waals surface area contributed by atoms with Crippen molar-refractivity contribution in [1.82, 2.24) is 10.0 Å². The molecule has 3 heteroatoms. The lowest BCUT2D eigenvalue weighted by Crippen LogP contribution is -2.61. The molecule has 15 heavy (non-hydrogen) atoms. The second kappa shape index (κ2) is 2.95. The van der Waals surface area contributed by atoms with Crippen LogP contribution < -0.4 is 0 Å². The van der Waals surface area contributed by atoms with E-state index in [0.717, 1.165) is 25.3 Å². The number of rotatable bonds is 0. The third kappa shape index (κ3) is 1.06. The average molecular weight is 210 g/mol. The smallest absolute Gasteiger partial charge is 0.117 e. The maximum absolute atomic E-state index is 13.9. The molecule has 3 saturated heterocycles. The van der Waals surface area contributed by atoms with E-state index in [1.54, 1.807) is 0 Å². The van der Waals surface area contributed by atoms with Gasteiger partial charge in [0.1, 0.15) is 6.17 Å². The number of hydrogen-bond acceptors (Lipinski definition) is 2. The summed E-state index contributed by atoms with van der Waals surface area (Å²) in [5.74, 6) is 0. The first kappa shape index (κ1) is 8.94. The van der Waals surface area contributed by atoms with Crippen LogP contribution in [0.3, 0.4) is 0 Å². The molecule has 0 aromatic rings. The normalized spacial score (nSPS) is 54.6. The molecule has 2 nitrogen and oxygen atoms in total. The minimum atomic E-state index is -0.550. The summed E-state index contributed by atoms with van der Waals surface area (Å²) in [6.45, 7) is 0. The first-order valence-corrected chi connectivity index (χ1v) is 6.55. The van der Waals surface area contributed by atoms with Gasteiger partial charge in [-0.3, -0.25) is 0 Å². The first-order valence-electron chi connectivity index (χ1n) is 6.55. The van der Waals surface area contributed by atoms with Crippen LogP contribution in [0, 0.1) is 0 Å². The third-order valence-electron chi connectivity index (χ3n) is 5.10. The number of hydrazine groups is 1. The van der Waals surface area contributed by atoms with Crippen LogP contribution in [0.15, 0.2) is 0 Å². The van der Waals surface area contributed by atoms with E-state index in [0.29, 0.717) is 12.1 Å². The van der Waals surface area contributed by atoms with E-state index >= 15 is 0 Å². The van der Waals surface area contributed by atoms with Gasteiger partial charge >= 0.3 is 0 Å². The molecule has 5 fully saturated rings. The Hall–Kier alpha value is -0.150. The van der Waals surface area contributed by atoms with Crippen molar-refractivity contribution in [3.05, 3.63) is 0 Å². The molecule has 84 valence electrons. The molecule has 3 atom stereocenters. The molecule has 0 spiro atoms. The van der Waals surface area contributed by atoms with Gasteiger partial charge in [0, 0.05) is 18.1 Å². The van der Waals surface area contributed by atoms with Crippen molar-refractivity contribution in [2.45, 2.75) is 75.3 Å². The van der Waals surface area contributed by atoms with Gasteiger partial charge in [0.15, 0.2) is 0 Å². The van der Waals surface area contributed by atoms with Gasteiger partial charge in [0.2, 0.25) is 0 Å². The Morgan fingerprint density at radius 3 is 2.07 bits per heavy atom. The zero-order valence-electron chi connectivity index (χ0n) is 9.11. The summed E-state index contributed by atoms with van der Waals surface area (Å²) in [7, 11) is 0. The van der Waals surface area contributed by atoms with E-state index in [1.807, 2.05) is 0 Å². The fourth-order valence-electron chi connectivity index (χ4n) is 4.50. The van der Waals surface area contributed by atoms with Gasteiger partial charge in [0.25, 0.3) is 0 Å². The van der Waals surface area contributed by atoms with Gasteiger partial charge in [-0.15, -0.1) is 0 Å². The standard InChI is InChI=1S/C12H19FN2/c13-11-6-5-10-7-12(11)15-9-3-1-8(2-4-9)14(10)15/h8-12H,1-7H2/t8?,9?,10-,11-,12-/m1/s1. The summed E-state index contributed by atoms with van der Waals surface area (Å²) in [4.78, 5) is 0. The van der Waals surface area contributed by atoms with Crippen molar-refractivity contribution in [3.8, 4) is 0 Å². The lowest BCUT2D eigenvalue weighted by molar-refractivity contribution is -0.159. The van der Waals surface area contributed by atoms with Gasteiger partial charge in [0.05, 0.1) is 6.04 Å². The van der Waals surface area contributed by atoms with E-state index in [2.05, 4.69) is 10.0 Å². The van der Waals surface area contributed by atoms with E-state index in [1.165, 1.54) is 25.7 Å². The van der Waals surface area contributed by atoms with E-state index in [-0.39, 0.29) is 6.04 Å². The van der Waals surface area contributed by atoms with Crippen LogP contribution in [0.4, 0.5) is 4.39 Å². The number of fused-ring (bicyclic) bond motifs is 4. The van der Waals surface area contributed by atoms with Gasteiger partial charge in [-0.05, 0) is 44.9 Å². The average Bonchev–Trinajstić information content (AvgIpc) is 2.63. The quantitative estimate of drug-likeness (QED) is 0.604. The summed E-state index contributed by atoms with van der Waals surface area (Å²) in [5, 5.41) is 5.07. The minimum absolute atomic E-state index is 0.247. The SMILES string of the molecule is F[C@@H]1CC[C@@H]2C[C@H]1N1C3CCC(CC3)N21.